The number of fused-ring (bicyclic) bond motifs is 1. The van der Waals surface area contributed by atoms with Crippen molar-refractivity contribution < 1.29 is 4.79 Å². The van der Waals surface area contributed by atoms with Crippen LogP contribution in [0, 0.1) is 0 Å². The minimum Gasteiger partial charge on any atom is -0.349 e. The normalized spacial score (nSPS) is 17.8. The summed E-state index contributed by atoms with van der Waals surface area (Å²) in [5, 5.41) is 7.86. The van der Waals surface area contributed by atoms with Crippen molar-refractivity contribution in [2.45, 2.75) is 25.4 Å². The maximum absolute atomic E-state index is 12.1. The highest BCUT2D eigenvalue weighted by atomic mass is 35.5. The first-order chi connectivity index (χ1) is 9.22. The summed E-state index contributed by atoms with van der Waals surface area (Å²) in [7, 11) is 0. The van der Waals surface area contributed by atoms with E-state index in [1.807, 2.05) is 10.7 Å². The monoisotopic (exact) mass is 275 g/mol. The zero-order valence-corrected chi connectivity index (χ0v) is 11.1. The quantitative estimate of drug-likeness (QED) is 0.914. The molecule has 0 saturated heterocycles. The first kappa shape index (κ1) is 12.2. The summed E-state index contributed by atoms with van der Waals surface area (Å²) in [6.45, 7) is 0.850. The third-order valence-electron chi connectivity index (χ3n) is 3.37. The molecule has 1 aromatic carbocycles. The molecule has 98 valence electrons. The molecule has 0 radical (unpaired) electrons. The molecule has 0 aliphatic carbocycles. The van der Waals surface area contributed by atoms with Crippen LogP contribution >= 0.6 is 11.6 Å². The van der Waals surface area contributed by atoms with Crippen LogP contribution in [0.4, 0.5) is 0 Å². The molecule has 1 aliphatic heterocycles. The van der Waals surface area contributed by atoms with Gasteiger partial charge in [-0.1, -0.05) is 17.7 Å². The van der Waals surface area contributed by atoms with Crippen LogP contribution in [-0.4, -0.2) is 21.7 Å². The molecule has 0 fully saturated rings. The summed E-state index contributed by atoms with van der Waals surface area (Å²) in [6, 6.07) is 9.16. The lowest BCUT2D eigenvalue weighted by Crippen LogP contribution is -2.40. The Bertz CT molecular complexity index is 608. The van der Waals surface area contributed by atoms with Gasteiger partial charge in [0.1, 0.15) is 0 Å². The van der Waals surface area contributed by atoms with Crippen molar-refractivity contribution in [1.82, 2.24) is 15.1 Å². The van der Waals surface area contributed by atoms with Gasteiger partial charge in [0.2, 0.25) is 0 Å². The molecule has 0 bridgehead atoms. The van der Waals surface area contributed by atoms with Gasteiger partial charge in [-0.3, -0.25) is 9.48 Å². The van der Waals surface area contributed by atoms with Crippen molar-refractivity contribution in [2.24, 2.45) is 0 Å². The summed E-state index contributed by atoms with van der Waals surface area (Å²) < 4.78 is 1.99. The van der Waals surface area contributed by atoms with Crippen LogP contribution in [-0.2, 0) is 13.0 Å². The number of halogens is 1. The molecule has 19 heavy (non-hydrogen) atoms. The minimum absolute atomic E-state index is 0.0690. The van der Waals surface area contributed by atoms with E-state index in [0.29, 0.717) is 10.6 Å². The Morgan fingerprint density at radius 3 is 3.16 bits per heavy atom. The van der Waals surface area contributed by atoms with Crippen LogP contribution in [0.1, 0.15) is 22.5 Å². The van der Waals surface area contributed by atoms with Crippen LogP contribution in [0.15, 0.2) is 36.5 Å². The van der Waals surface area contributed by atoms with Gasteiger partial charge >= 0.3 is 0 Å². The number of amides is 1. The zero-order chi connectivity index (χ0) is 13.2. The average molecular weight is 276 g/mol. The van der Waals surface area contributed by atoms with Gasteiger partial charge in [0, 0.05) is 41.5 Å². The second kappa shape index (κ2) is 5.05. The number of carbonyl (C=O) groups is 1. The van der Waals surface area contributed by atoms with Gasteiger partial charge in [-0.05, 0) is 30.7 Å². The number of benzene rings is 1. The molecule has 2 heterocycles. The Morgan fingerprint density at radius 2 is 2.32 bits per heavy atom. The van der Waals surface area contributed by atoms with Gasteiger partial charge in [0.15, 0.2) is 0 Å². The fourth-order valence-corrected chi connectivity index (χ4v) is 2.58. The lowest BCUT2D eigenvalue weighted by Gasteiger charge is -2.24. The summed E-state index contributed by atoms with van der Waals surface area (Å²) in [5.41, 5.74) is 1.77. The molecule has 3 rings (SSSR count). The minimum atomic E-state index is -0.0690. The number of hydrogen-bond donors (Lipinski definition) is 1. The maximum Gasteiger partial charge on any atom is 0.251 e. The molecule has 2 aromatic rings. The van der Waals surface area contributed by atoms with E-state index in [1.54, 1.807) is 30.5 Å². The van der Waals surface area contributed by atoms with E-state index in [1.165, 1.54) is 5.69 Å². The lowest BCUT2D eigenvalue weighted by molar-refractivity contribution is 0.0930. The van der Waals surface area contributed by atoms with Crippen molar-refractivity contribution in [3.8, 4) is 0 Å². The molecule has 1 N–H and O–H groups in total. The van der Waals surface area contributed by atoms with Gasteiger partial charge < -0.3 is 5.32 Å². The molecule has 1 atom stereocenters. The number of aromatic nitrogens is 2. The largest absolute Gasteiger partial charge is 0.349 e. The van der Waals surface area contributed by atoms with E-state index in [-0.39, 0.29) is 11.9 Å². The zero-order valence-electron chi connectivity index (χ0n) is 10.3. The topological polar surface area (TPSA) is 46.9 Å². The maximum atomic E-state index is 12.1. The molecule has 1 aromatic heterocycles. The second-order valence-corrected chi connectivity index (χ2v) is 5.16. The number of rotatable bonds is 2. The first-order valence-corrected chi connectivity index (χ1v) is 6.67. The fraction of sp³-hybridized carbons (Fsp3) is 0.286. The highest BCUT2D eigenvalue weighted by Crippen LogP contribution is 2.15. The Balaban J connectivity index is 1.68. The lowest BCUT2D eigenvalue weighted by atomic mass is 10.0. The summed E-state index contributed by atoms with van der Waals surface area (Å²) >= 11 is 5.89. The van der Waals surface area contributed by atoms with Crippen LogP contribution in [0.25, 0.3) is 0 Å². The summed E-state index contributed by atoms with van der Waals surface area (Å²) in [5.74, 6) is -0.0690. The SMILES string of the molecule is O=C(N[C@H]1CCn2nccc2C1)c1cccc(Cl)c1. The molecule has 0 spiro atoms. The van der Waals surface area contributed by atoms with E-state index in [0.717, 1.165) is 19.4 Å². The van der Waals surface area contributed by atoms with Gasteiger partial charge in [-0.15, -0.1) is 0 Å². The number of nitrogens with one attached hydrogen (secondary N) is 1. The molecule has 0 saturated carbocycles. The predicted octanol–water partition coefficient (Wildman–Crippen LogP) is 2.28. The van der Waals surface area contributed by atoms with E-state index < -0.39 is 0 Å². The molecule has 4 nitrogen and oxygen atoms in total. The van der Waals surface area contributed by atoms with Crippen molar-refractivity contribution in [1.29, 1.82) is 0 Å². The average Bonchev–Trinajstić information content (AvgIpc) is 2.86. The van der Waals surface area contributed by atoms with E-state index in [9.17, 15) is 4.79 Å². The van der Waals surface area contributed by atoms with E-state index in [4.69, 9.17) is 11.6 Å². The van der Waals surface area contributed by atoms with Crippen LogP contribution in [0.3, 0.4) is 0 Å². The highest BCUT2D eigenvalue weighted by Gasteiger charge is 2.20. The molecule has 1 aliphatic rings. The summed E-state index contributed by atoms with van der Waals surface area (Å²) in [4.78, 5) is 12.1. The molecular formula is C14H14ClN3O. The van der Waals surface area contributed by atoms with Gasteiger partial charge in [-0.2, -0.15) is 5.10 Å². The molecule has 5 heteroatoms. The van der Waals surface area contributed by atoms with Gasteiger partial charge in [0.05, 0.1) is 0 Å². The molecule has 0 unspecified atom stereocenters. The van der Waals surface area contributed by atoms with Crippen molar-refractivity contribution in [2.75, 3.05) is 0 Å². The van der Waals surface area contributed by atoms with E-state index >= 15 is 0 Å². The van der Waals surface area contributed by atoms with Crippen molar-refractivity contribution in [3.05, 3.63) is 52.8 Å². The van der Waals surface area contributed by atoms with Crippen LogP contribution < -0.4 is 5.32 Å². The Morgan fingerprint density at radius 1 is 1.42 bits per heavy atom. The number of carbonyl (C=O) groups excluding carboxylic acids is 1. The smallest absolute Gasteiger partial charge is 0.251 e. The van der Waals surface area contributed by atoms with Crippen molar-refractivity contribution >= 4 is 17.5 Å². The number of aryl methyl sites for hydroxylation is 1. The highest BCUT2D eigenvalue weighted by molar-refractivity contribution is 6.30. The third-order valence-corrected chi connectivity index (χ3v) is 3.61. The predicted molar refractivity (Wildman–Crippen MR) is 73.3 cm³/mol. The standard InChI is InChI=1S/C14H14ClN3O/c15-11-3-1-2-10(8-11)14(19)17-12-5-7-18-13(9-12)4-6-16-18/h1-4,6,8,12H,5,7,9H2,(H,17,19)/t12-/m0/s1. The van der Waals surface area contributed by atoms with Crippen LogP contribution in [0.5, 0.6) is 0 Å². The Hall–Kier alpha value is -1.81. The van der Waals surface area contributed by atoms with Crippen molar-refractivity contribution in [3.63, 3.8) is 0 Å². The molecular weight excluding hydrogens is 262 g/mol. The van der Waals surface area contributed by atoms with E-state index in [2.05, 4.69) is 10.4 Å². The molecule has 1 amide bonds. The first-order valence-electron chi connectivity index (χ1n) is 6.29. The third kappa shape index (κ3) is 2.63. The van der Waals surface area contributed by atoms with Gasteiger partial charge in [-0.25, -0.2) is 0 Å². The van der Waals surface area contributed by atoms with Crippen LogP contribution in [0.2, 0.25) is 5.02 Å². The Kier molecular flexibility index (Phi) is 3.25. The Labute approximate surface area is 116 Å². The second-order valence-electron chi connectivity index (χ2n) is 4.72. The number of nitrogens with zero attached hydrogens (tertiary/aromatic N) is 2. The summed E-state index contributed by atoms with van der Waals surface area (Å²) in [6.07, 6.45) is 3.53. The fourth-order valence-electron chi connectivity index (χ4n) is 2.39. The number of hydrogen-bond acceptors (Lipinski definition) is 2. The van der Waals surface area contributed by atoms with Gasteiger partial charge in [0.25, 0.3) is 5.91 Å².